The molecular weight excluding hydrogens is 340 g/mol. The summed E-state index contributed by atoms with van der Waals surface area (Å²) in [6.45, 7) is 5.17. The van der Waals surface area contributed by atoms with Gasteiger partial charge in [-0.2, -0.15) is 0 Å². The van der Waals surface area contributed by atoms with Crippen LogP contribution in [0.1, 0.15) is 41.5 Å². The topological polar surface area (TPSA) is 67.4 Å². The van der Waals surface area contributed by atoms with Gasteiger partial charge in [0, 0.05) is 25.1 Å². The fourth-order valence-corrected chi connectivity index (χ4v) is 3.20. The third-order valence-corrected chi connectivity index (χ3v) is 4.76. The number of aryl methyl sites for hydroxylation is 3. The maximum absolute atomic E-state index is 12.0. The predicted octanol–water partition coefficient (Wildman–Crippen LogP) is 3.66. The van der Waals surface area contributed by atoms with Crippen LogP contribution in [0, 0.1) is 13.8 Å². The number of carbonyl (C=O) groups is 2. The molecule has 0 unspecified atom stereocenters. The predicted molar refractivity (Wildman–Crippen MR) is 106 cm³/mol. The molecule has 1 aliphatic rings. The van der Waals surface area contributed by atoms with Gasteiger partial charge < -0.3 is 15.4 Å². The van der Waals surface area contributed by atoms with Gasteiger partial charge in [0.05, 0.1) is 6.61 Å². The van der Waals surface area contributed by atoms with Gasteiger partial charge in [-0.15, -0.1) is 0 Å². The SMILES string of the molecule is Cc1ccc(CNC(=O)CCCOc2ccc3c(c2)CCC(=O)N3)c(C)c1. The first-order valence-electron chi connectivity index (χ1n) is 9.39. The first-order chi connectivity index (χ1) is 13.0. The lowest BCUT2D eigenvalue weighted by molar-refractivity contribution is -0.121. The molecule has 0 radical (unpaired) electrons. The third kappa shape index (κ3) is 5.33. The van der Waals surface area contributed by atoms with Crippen molar-refractivity contribution in [2.75, 3.05) is 11.9 Å². The highest BCUT2D eigenvalue weighted by atomic mass is 16.5. The van der Waals surface area contributed by atoms with Crippen molar-refractivity contribution < 1.29 is 14.3 Å². The molecule has 1 aliphatic heterocycles. The number of benzene rings is 2. The summed E-state index contributed by atoms with van der Waals surface area (Å²) in [7, 11) is 0. The first-order valence-corrected chi connectivity index (χ1v) is 9.39. The minimum atomic E-state index is 0.0340. The van der Waals surface area contributed by atoms with Crippen LogP contribution in [0.15, 0.2) is 36.4 Å². The van der Waals surface area contributed by atoms with E-state index in [0.717, 1.165) is 29.0 Å². The molecule has 2 amide bonds. The highest BCUT2D eigenvalue weighted by Gasteiger charge is 2.15. The number of ether oxygens (including phenoxy) is 1. The smallest absolute Gasteiger partial charge is 0.224 e. The molecule has 0 spiro atoms. The van der Waals surface area contributed by atoms with Crippen molar-refractivity contribution in [2.45, 2.75) is 46.1 Å². The molecule has 0 atom stereocenters. The Balaban J connectivity index is 1.38. The van der Waals surface area contributed by atoms with Crippen molar-refractivity contribution in [3.05, 3.63) is 58.7 Å². The van der Waals surface area contributed by atoms with Crippen molar-refractivity contribution in [3.63, 3.8) is 0 Å². The maximum atomic E-state index is 12.0. The van der Waals surface area contributed by atoms with E-state index in [0.29, 0.717) is 32.4 Å². The second-order valence-corrected chi connectivity index (χ2v) is 7.03. The molecular formula is C22H26N2O3. The quantitative estimate of drug-likeness (QED) is 0.735. The average Bonchev–Trinajstić information content (AvgIpc) is 2.64. The van der Waals surface area contributed by atoms with Crippen molar-refractivity contribution in [3.8, 4) is 5.75 Å². The lowest BCUT2D eigenvalue weighted by atomic mass is 10.0. The zero-order chi connectivity index (χ0) is 19.2. The van der Waals surface area contributed by atoms with Crippen molar-refractivity contribution in [1.29, 1.82) is 0 Å². The minimum Gasteiger partial charge on any atom is -0.494 e. The Kier molecular flexibility index (Phi) is 6.12. The van der Waals surface area contributed by atoms with E-state index < -0.39 is 0 Å². The van der Waals surface area contributed by atoms with E-state index in [4.69, 9.17) is 4.74 Å². The minimum absolute atomic E-state index is 0.0340. The Bertz CT molecular complexity index is 845. The summed E-state index contributed by atoms with van der Waals surface area (Å²) in [6, 6.07) is 11.9. The average molecular weight is 366 g/mol. The van der Waals surface area contributed by atoms with Gasteiger partial charge in [-0.3, -0.25) is 9.59 Å². The van der Waals surface area contributed by atoms with Crippen LogP contribution in [-0.2, 0) is 22.6 Å². The molecule has 0 saturated carbocycles. The number of hydrogen-bond acceptors (Lipinski definition) is 3. The van der Waals surface area contributed by atoms with Gasteiger partial charge in [-0.05, 0) is 61.6 Å². The van der Waals surface area contributed by atoms with Crippen LogP contribution in [0.2, 0.25) is 0 Å². The van der Waals surface area contributed by atoms with E-state index in [1.807, 2.05) is 18.2 Å². The van der Waals surface area contributed by atoms with Crippen LogP contribution in [0.3, 0.4) is 0 Å². The number of hydrogen-bond donors (Lipinski definition) is 2. The van der Waals surface area contributed by atoms with Crippen molar-refractivity contribution in [2.24, 2.45) is 0 Å². The standard InChI is InChI=1S/C22H26N2O3/c1-15-5-6-18(16(2)12-15)14-23-21(25)4-3-11-27-19-8-9-20-17(13-19)7-10-22(26)24-20/h5-6,8-9,12-13H,3-4,7,10-11,14H2,1-2H3,(H,23,25)(H,24,26). The summed E-state index contributed by atoms with van der Waals surface area (Å²) in [5.41, 5.74) is 5.53. The van der Waals surface area contributed by atoms with Crippen LogP contribution in [-0.4, -0.2) is 18.4 Å². The Morgan fingerprint density at radius 2 is 2.00 bits per heavy atom. The molecule has 2 N–H and O–H groups in total. The largest absolute Gasteiger partial charge is 0.494 e. The lowest BCUT2D eigenvalue weighted by Gasteiger charge is -2.17. The highest BCUT2D eigenvalue weighted by Crippen LogP contribution is 2.26. The molecule has 0 saturated heterocycles. The summed E-state index contributed by atoms with van der Waals surface area (Å²) in [6.07, 6.45) is 2.34. The summed E-state index contributed by atoms with van der Waals surface area (Å²) < 4.78 is 5.75. The molecule has 0 fully saturated rings. The molecule has 1 heterocycles. The molecule has 2 aromatic carbocycles. The van der Waals surface area contributed by atoms with E-state index >= 15 is 0 Å². The summed E-state index contributed by atoms with van der Waals surface area (Å²) in [5, 5.41) is 5.82. The Morgan fingerprint density at radius 1 is 1.15 bits per heavy atom. The van der Waals surface area contributed by atoms with E-state index in [2.05, 4.69) is 42.7 Å². The second-order valence-electron chi connectivity index (χ2n) is 7.03. The first kappa shape index (κ1) is 19.0. The number of nitrogens with one attached hydrogen (secondary N) is 2. The second kappa shape index (κ2) is 8.71. The monoisotopic (exact) mass is 366 g/mol. The zero-order valence-electron chi connectivity index (χ0n) is 15.9. The molecule has 0 bridgehead atoms. The summed E-state index contributed by atoms with van der Waals surface area (Å²) in [4.78, 5) is 23.4. The Hall–Kier alpha value is -2.82. The molecule has 142 valence electrons. The van der Waals surface area contributed by atoms with E-state index in [1.165, 1.54) is 11.1 Å². The molecule has 5 heteroatoms. The number of anilines is 1. The van der Waals surface area contributed by atoms with Crippen LogP contribution in [0.4, 0.5) is 5.69 Å². The van der Waals surface area contributed by atoms with Gasteiger partial charge in [-0.1, -0.05) is 23.8 Å². The molecule has 0 aliphatic carbocycles. The van der Waals surface area contributed by atoms with Crippen molar-refractivity contribution >= 4 is 17.5 Å². The van der Waals surface area contributed by atoms with Crippen LogP contribution in [0.25, 0.3) is 0 Å². The molecule has 5 nitrogen and oxygen atoms in total. The van der Waals surface area contributed by atoms with Gasteiger partial charge in [0.15, 0.2) is 0 Å². The summed E-state index contributed by atoms with van der Waals surface area (Å²) in [5.74, 6) is 0.871. The van der Waals surface area contributed by atoms with Gasteiger partial charge in [0.25, 0.3) is 0 Å². The lowest BCUT2D eigenvalue weighted by Crippen LogP contribution is -2.23. The van der Waals surface area contributed by atoms with Gasteiger partial charge in [0.2, 0.25) is 11.8 Å². The van der Waals surface area contributed by atoms with E-state index in [-0.39, 0.29) is 11.8 Å². The van der Waals surface area contributed by atoms with Gasteiger partial charge in [-0.25, -0.2) is 0 Å². The molecule has 2 aromatic rings. The molecule has 0 aromatic heterocycles. The number of carbonyl (C=O) groups excluding carboxylic acids is 2. The maximum Gasteiger partial charge on any atom is 0.224 e. The van der Waals surface area contributed by atoms with E-state index in [1.54, 1.807) is 0 Å². The number of amides is 2. The van der Waals surface area contributed by atoms with Gasteiger partial charge >= 0.3 is 0 Å². The number of fused-ring (bicyclic) bond motifs is 1. The fourth-order valence-electron chi connectivity index (χ4n) is 3.20. The Morgan fingerprint density at radius 3 is 2.81 bits per heavy atom. The summed E-state index contributed by atoms with van der Waals surface area (Å²) >= 11 is 0. The highest BCUT2D eigenvalue weighted by molar-refractivity contribution is 5.94. The van der Waals surface area contributed by atoms with Crippen LogP contribution in [0.5, 0.6) is 5.75 Å². The van der Waals surface area contributed by atoms with Crippen molar-refractivity contribution in [1.82, 2.24) is 5.32 Å². The zero-order valence-corrected chi connectivity index (χ0v) is 15.9. The third-order valence-electron chi connectivity index (χ3n) is 4.76. The molecule has 3 rings (SSSR count). The normalized spacial score (nSPS) is 12.9. The van der Waals surface area contributed by atoms with Crippen LogP contribution >= 0.6 is 0 Å². The van der Waals surface area contributed by atoms with Crippen LogP contribution < -0.4 is 15.4 Å². The fraction of sp³-hybridized carbons (Fsp3) is 0.364. The molecule has 27 heavy (non-hydrogen) atoms. The number of rotatable bonds is 7. The van der Waals surface area contributed by atoms with Gasteiger partial charge in [0.1, 0.15) is 5.75 Å². The van der Waals surface area contributed by atoms with E-state index in [9.17, 15) is 9.59 Å². The Labute approximate surface area is 160 Å².